The van der Waals surface area contributed by atoms with E-state index in [0.29, 0.717) is 17.0 Å². The second-order valence-corrected chi connectivity index (χ2v) is 7.19. The van der Waals surface area contributed by atoms with E-state index in [9.17, 15) is 13.2 Å². The van der Waals surface area contributed by atoms with Crippen LogP contribution in [0.15, 0.2) is 47.5 Å². The largest absolute Gasteiger partial charge is 0.497 e. The van der Waals surface area contributed by atoms with Crippen molar-refractivity contribution in [1.29, 1.82) is 0 Å². The summed E-state index contributed by atoms with van der Waals surface area (Å²) >= 11 is 0. The van der Waals surface area contributed by atoms with Crippen molar-refractivity contribution < 1.29 is 17.9 Å². The number of nitrogens with two attached hydrogens (primary N) is 1. The normalized spacial score (nSPS) is 15.9. The van der Waals surface area contributed by atoms with Gasteiger partial charge in [0.15, 0.2) is 5.96 Å². The molecule has 0 bridgehead atoms. The number of rotatable bonds is 5. The van der Waals surface area contributed by atoms with Gasteiger partial charge in [0.1, 0.15) is 5.75 Å². The van der Waals surface area contributed by atoms with Crippen molar-refractivity contribution in [2.24, 2.45) is 10.7 Å². The number of methoxy groups -OCH3 is 1. The Balaban J connectivity index is 1.79. The summed E-state index contributed by atoms with van der Waals surface area (Å²) in [7, 11) is 3.60. The predicted molar refractivity (Wildman–Crippen MR) is 113 cm³/mol. The van der Waals surface area contributed by atoms with Crippen LogP contribution in [0.5, 0.6) is 5.75 Å². The third-order valence-electron chi connectivity index (χ3n) is 5.03. The number of likely N-dealkylation sites (N-methyl/N-ethyl adjacent to an activating group) is 1. The average molecular weight is 421 g/mol. The van der Waals surface area contributed by atoms with Crippen LogP contribution in [0.2, 0.25) is 0 Å². The number of halogens is 3. The van der Waals surface area contributed by atoms with Crippen molar-refractivity contribution in [1.82, 2.24) is 4.90 Å². The molecule has 0 unspecified atom stereocenters. The SMILES string of the molecule is COc1ccc(NC(N)=NCc2cc(C(F)(F)F)ccc2N2CCN(C)CC2)cc1. The number of ether oxygens (including phenoxy) is 1. The molecule has 6 nitrogen and oxygen atoms in total. The Morgan fingerprint density at radius 1 is 1.10 bits per heavy atom. The molecule has 0 radical (unpaired) electrons. The molecule has 3 rings (SSSR count). The highest BCUT2D eigenvalue weighted by Crippen LogP contribution is 2.33. The third-order valence-corrected chi connectivity index (χ3v) is 5.03. The monoisotopic (exact) mass is 421 g/mol. The number of alkyl halides is 3. The first kappa shape index (κ1) is 21.8. The van der Waals surface area contributed by atoms with Gasteiger partial charge < -0.3 is 25.6 Å². The highest BCUT2D eigenvalue weighted by atomic mass is 19.4. The lowest BCUT2D eigenvalue weighted by Crippen LogP contribution is -2.44. The summed E-state index contributed by atoms with van der Waals surface area (Å²) in [6, 6.07) is 10.9. The fourth-order valence-electron chi connectivity index (χ4n) is 3.28. The molecule has 0 aromatic heterocycles. The Morgan fingerprint density at radius 3 is 2.37 bits per heavy atom. The van der Waals surface area contributed by atoms with Crippen LogP contribution < -0.4 is 20.7 Å². The summed E-state index contributed by atoms with van der Waals surface area (Å²) in [4.78, 5) is 8.56. The van der Waals surface area contributed by atoms with Crippen molar-refractivity contribution in [3.8, 4) is 5.75 Å². The zero-order valence-electron chi connectivity index (χ0n) is 17.0. The molecule has 162 valence electrons. The number of benzene rings is 2. The number of nitrogens with zero attached hydrogens (tertiary/aromatic N) is 3. The van der Waals surface area contributed by atoms with E-state index in [4.69, 9.17) is 10.5 Å². The van der Waals surface area contributed by atoms with Gasteiger partial charge in [-0.25, -0.2) is 4.99 Å². The van der Waals surface area contributed by atoms with Gasteiger partial charge in [0.25, 0.3) is 0 Å². The minimum absolute atomic E-state index is 0.0422. The maximum atomic E-state index is 13.2. The van der Waals surface area contributed by atoms with Crippen molar-refractivity contribution in [2.75, 3.05) is 50.6 Å². The van der Waals surface area contributed by atoms with Gasteiger partial charge in [0.2, 0.25) is 0 Å². The van der Waals surface area contributed by atoms with E-state index >= 15 is 0 Å². The number of hydrogen-bond donors (Lipinski definition) is 2. The topological polar surface area (TPSA) is 66.1 Å². The minimum atomic E-state index is -4.41. The summed E-state index contributed by atoms with van der Waals surface area (Å²) in [5.74, 6) is 0.832. The molecule has 0 saturated carbocycles. The number of hydrogen-bond acceptors (Lipinski definition) is 4. The molecule has 1 aliphatic rings. The molecule has 0 spiro atoms. The molecule has 2 aromatic carbocycles. The zero-order valence-corrected chi connectivity index (χ0v) is 17.0. The minimum Gasteiger partial charge on any atom is -0.497 e. The van der Waals surface area contributed by atoms with Crippen LogP contribution in [0.1, 0.15) is 11.1 Å². The van der Waals surface area contributed by atoms with Crippen LogP contribution in [0, 0.1) is 0 Å². The van der Waals surface area contributed by atoms with Gasteiger partial charge >= 0.3 is 6.18 Å². The molecule has 3 N–H and O–H groups in total. The van der Waals surface area contributed by atoms with Gasteiger partial charge in [-0.3, -0.25) is 0 Å². The first-order valence-corrected chi connectivity index (χ1v) is 9.61. The second-order valence-electron chi connectivity index (χ2n) is 7.19. The summed E-state index contributed by atoms with van der Waals surface area (Å²) < 4.78 is 44.8. The van der Waals surface area contributed by atoms with Crippen LogP contribution in [0.3, 0.4) is 0 Å². The van der Waals surface area contributed by atoms with Crippen LogP contribution in [-0.4, -0.2) is 51.2 Å². The Kier molecular flexibility index (Phi) is 6.71. The Labute approximate surface area is 174 Å². The van der Waals surface area contributed by atoms with Gasteiger partial charge in [-0.2, -0.15) is 13.2 Å². The van der Waals surface area contributed by atoms with E-state index in [1.807, 2.05) is 7.05 Å². The number of piperazine rings is 1. The van der Waals surface area contributed by atoms with E-state index < -0.39 is 11.7 Å². The van der Waals surface area contributed by atoms with Crippen LogP contribution in [0.25, 0.3) is 0 Å². The first-order chi connectivity index (χ1) is 14.3. The summed E-state index contributed by atoms with van der Waals surface area (Å²) in [6.45, 7) is 3.24. The smallest absolute Gasteiger partial charge is 0.416 e. The van der Waals surface area contributed by atoms with Gasteiger partial charge in [0.05, 0.1) is 19.2 Å². The quantitative estimate of drug-likeness (QED) is 0.572. The van der Waals surface area contributed by atoms with Gasteiger partial charge in [-0.05, 0) is 55.1 Å². The van der Waals surface area contributed by atoms with E-state index in [1.165, 1.54) is 6.07 Å². The van der Waals surface area contributed by atoms with E-state index in [2.05, 4.69) is 20.1 Å². The number of guanidine groups is 1. The average Bonchev–Trinajstić information content (AvgIpc) is 2.72. The first-order valence-electron chi connectivity index (χ1n) is 9.61. The molecule has 1 heterocycles. The van der Waals surface area contributed by atoms with Crippen molar-refractivity contribution >= 4 is 17.3 Å². The Bertz CT molecular complexity index is 875. The van der Waals surface area contributed by atoms with Crippen molar-refractivity contribution in [2.45, 2.75) is 12.7 Å². The summed E-state index contributed by atoms with van der Waals surface area (Å²) in [6.07, 6.45) is -4.41. The molecule has 0 amide bonds. The van der Waals surface area contributed by atoms with E-state index in [1.54, 1.807) is 31.4 Å². The van der Waals surface area contributed by atoms with Gasteiger partial charge in [-0.1, -0.05) is 0 Å². The van der Waals surface area contributed by atoms with Crippen LogP contribution in [0.4, 0.5) is 24.5 Å². The Morgan fingerprint density at radius 2 is 1.77 bits per heavy atom. The van der Waals surface area contributed by atoms with Gasteiger partial charge in [0, 0.05) is 37.6 Å². The van der Waals surface area contributed by atoms with Crippen LogP contribution >= 0.6 is 0 Å². The van der Waals surface area contributed by atoms with Crippen molar-refractivity contribution in [3.05, 3.63) is 53.6 Å². The fourth-order valence-corrected chi connectivity index (χ4v) is 3.28. The maximum absolute atomic E-state index is 13.2. The van der Waals surface area contributed by atoms with E-state index in [-0.39, 0.29) is 12.5 Å². The van der Waals surface area contributed by atoms with Crippen LogP contribution in [-0.2, 0) is 12.7 Å². The number of aliphatic imine (C=N–C) groups is 1. The number of nitrogens with one attached hydrogen (secondary N) is 1. The summed E-state index contributed by atoms with van der Waals surface area (Å²) in [5, 5.41) is 2.94. The zero-order chi connectivity index (χ0) is 21.7. The molecule has 0 aliphatic carbocycles. The molecular formula is C21H26F3N5O. The molecule has 1 fully saturated rings. The molecule has 9 heteroatoms. The standard InChI is InChI=1S/C21H26F3N5O/c1-28-9-11-29(12-10-28)19-8-3-16(21(22,23)24)13-15(19)14-26-20(25)27-17-4-6-18(30-2)7-5-17/h3-8,13H,9-12,14H2,1-2H3,(H3,25,26,27). The molecule has 0 atom stereocenters. The molecular weight excluding hydrogens is 395 g/mol. The van der Waals surface area contributed by atoms with E-state index in [0.717, 1.165) is 44.0 Å². The highest BCUT2D eigenvalue weighted by Gasteiger charge is 2.31. The Hall–Kier alpha value is -2.94. The molecule has 1 saturated heterocycles. The molecule has 30 heavy (non-hydrogen) atoms. The lowest BCUT2D eigenvalue weighted by atomic mass is 10.1. The number of anilines is 2. The maximum Gasteiger partial charge on any atom is 0.416 e. The molecule has 2 aromatic rings. The second kappa shape index (κ2) is 9.25. The van der Waals surface area contributed by atoms with Gasteiger partial charge in [-0.15, -0.1) is 0 Å². The summed E-state index contributed by atoms with van der Waals surface area (Å²) in [5.41, 5.74) is 7.24. The fraction of sp³-hybridized carbons (Fsp3) is 0.381. The third kappa shape index (κ3) is 5.56. The lowest BCUT2D eigenvalue weighted by Gasteiger charge is -2.35. The predicted octanol–water partition coefficient (Wildman–Crippen LogP) is 3.39. The van der Waals surface area contributed by atoms with Crippen molar-refractivity contribution in [3.63, 3.8) is 0 Å². The lowest BCUT2D eigenvalue weighted by molar-refractivity contribution is -0.137. The molecule has 1 aliphatic heterocycles. The highest BCUT2D eigenvalue weighted by molar-refractivity contribution is 5.92.